The van der Waals surface area contributed by atoms with E-state index in [0.29, 0.717) is 22.0 Å². The minimum absolute atomic E-state index is 0. The molecule has 0 aliphatic carbocycles. The number of aryl methyl sites for hydroxylation is 2. The molecule has 0 unspecified atom stereocenters. The molecule has 0 bridgehead atoms. The number of hydrogen-bond donors (Lipinski definition) is 0. The number of pyridine rings is 3. The first kappa shape index (κ1) is 14.6. The zero-order chi connectivity index (χ0) is 31.7. The van der Waals surface area contributed by atoms with Crippen molar-refractivity contribution >= 4 is 27.6 Å². The fourth-order valence-corrected chi connectivity index (χ4v) is 2.92. The zero-order valence-electron chi connectivity index (χ0n) is 27.7. The van der Waals surface area contributed by atoms with Crippen LogP contribution in [0.15, 0.2) is 96.6 Å². The van der Waals surface area contributed by atoms with Gasteiger partial charge in [0.15, 0.2) is 0 Å². The number of nitrogens with zero attached hydrogens (tertiary/aromatic N) is 3. The van der Waals surface area contributed by atoms with Gasteiger partial charge in [0.1, 0.15) is 0 Å². The molecule has 1 aromatic carbocycles. The maximum atomic E-state index is 8.23. The van der Waals surface area contributed by atoms with E-state index in [1.165, 1.54) is 18.3 Å². The van der Waals surface area contributed by atoms with Crippen molar-refractivity contribution in [3.63, 3.8) is 0 Å². The first-order valence-corrected chi connectivity index (χ1v) is 9.68. The van der Waals surface area contributed by atoms with E-state index in [1.807, 2.05) is 0 Å². The summed E-state index contributed by atoms with van der Waals surface area (Å²) in [6.45, 7) is 2.27. The first-order chi connectivity index (χ1) is 20.1. The van der Waals surface area contributed by atoms with Crippen LogP contribution in [-0.4, -0.2) is 15.0 Å². The van der Waals surface area contributed by atoms with E-state index in [1.54, 1.807) is 30.4 Å². The minimum Gasteiger partial charge on any atom is -0.486 e. The Bertz CT molecular complexity index is 1900. The number of fused-ring (bicyclic) bond motifs is 3. The predicted octanol–water partition coefficient (Wildman–Crippen LogP) is 7.10. The van der Waals surface area contributed by atoms with Gasteiger partial charge in [0.25, 0.3) is 0 Å². The standard InChI is InChI=1S/C18H13N2O.C11H10N.Ir/c1-11-6-9-16(19-10-11)15-5-3-4-13-14-8-7-12(2)20-18(14)21-17(13)15;1-3-4-7-10(2)11-8-5-6-9-12-11;/h3-4,6-10H,1-2H3;3-6,8-9H,1-2H2;/q2*-1;/i1D3,2D3,6D,9D;5D,8D;. The Hall–Kier alpha value is -3.66. The van der Waals surface area contributed by atoms with Crippen LogP contribution in [0.1, 0.15) is 30.7 Å². The molecular weight excluding hydrogens is 599 g/mol. The zero-order valence-corrected chi connectivity index (χ0v) is 20.1. The van der Waals surface area contributed by atoms with Gasteiger partial charge in [-0.1, -0.05) is 35.1 Å². The molecule has 4 nitrogen and oxygen atoms in total. The van der Waals surface area contributed by atoms with Crippen LogP contribution in [0.25, 0.3) is 38.9 Å². The van der Waals surface area contributed by atoms with Crippen LogP contribution in [0.2, 0.25) is 0 Å². The molecular formula is C29H23IrN3O-2. The van der Waals surface area contributed by atoms with Gasteiger partial charge in [-0.25, -0.2) is 4.98 Å². The summed E-state index contributed by atoms with van der Waals surface area (Å²) < 4.78 is 81.9. The van der Waals surface area contributed by atoms with Crippen molar-refractivity contribution < 1.29 is 38.2 Å². The Morgan fingerprint density at radius 3 is 2.91 bits per heavy atom. The predicted molar refractivity (Wildman–Crippen MR) is 134 cm³/mol. The maximum absolute atomic E-state index is 8.23. The molecule has 0 spiro atoms. The Morgan fingerprint density at radius 1 is 1.18 bits per heavy atom. The molecule has 5 aromatic rings. The second-order valence-corrected chi connectivity index (χ2v) is 6.61. The molecule has 5 rings (SSSR count). The Kier molecular flexibility index (Phi) is 4.91. The summed E-state index contributed by atoms with van der Waals surface area (Å²) in [6.07, 6.45) is 8.52. The molecule has 171 valence electrons. The summed E-state index contributed by atoms with van der Waals surface area (Å²) in [6, 6.07) is 10.1. The molecule has 0 aliphatic heterocycles. The van der Waals surface area contributed by atoms with Crippen molar-refractivity contribution in [1.82, 2.24) is 15.0 Å². The molecule has 0 saturated carbocycles. The van der Waals surface area contributed by atoms with Gasteiger partial charge in [0.2, 0.25) is 5.71 Å². The van der Waals surface area contributed by atoms with Gasteiger partial charge in [-0.3, -0.25) is 0 Å². The van der Waals surface area contributed by atoms with Gasteiger partial charge < -0.3 is 14.4 Å². The Labute approximate surface area is 227 Å². The molecule has 34 heavy (non-hydrogen) atoms. The van der Waals surface area contributed by atoms with Crippen LogP contribution in [-0.2, 0) is 20.1 Å². The number of benzene rings is 1. The normalized spacial score (nSPS) is 15.5. The molecule has 5 heteroatoms. The number of aromatic nitrogens is 3. The summed E-state index contributed by atoms with van der Waals surface area (Å²) in [7, 11) is 0. The van der Waals surface area contributed by atoms with Gasteiger partial charge in [-0.15, -0.1) is 48.6 Å². The molecule has 0 saturated heterocycles. The fraction of sp³-hybridized carbons (Fsp3) is 0.0690. The molecule has 0 fully saturated rings. The summed E-state index contributed by atoms with van der Waals surface area (Å²) in [5, 5.41) is 1.20. The monoisotopic (exact) mass is 632 g/mol. The molecule has 1 radical (unpaired) electrons. The second kappa shape index (κ2) is 11.5. The average molecular weight is 632 g/mol. The third kappa shape index (κ3) is 5.63. The van der Waals surface area contributed by atoms with Gasteiger partial charge >= 0.3 is 0 Å². The topological polar surface area (TPSA) is 51.8 Å². The largest absolute Gasteiger partial charge is 0.486 e. The van der Waals surface area contributed by atoms with E-state index in [-0.39, 0.29) is 72.0 Å². The average Bonchev–Trinajstić information content (AvgIpc) is 3.32. The summed E-state index contributed by atoms with van der Waals surface area (Å²) in [4.78, 5) is 12.1. The van der Waals surface area contributed by atoms with Crippen molar-refractivity contribution in [2.24, 2.45) is 0 Å². The quantitative estimate of drug-likeness (QED) is 0.157. The van der Waals surface area contributed by atoms with Gasteiger partial charge in [-0.2, -0.15) is 6.58 Å². The summed E-state index contributed by atoms with van der Waals surface area (Å²) >= 11 is 0. The number of furan rings is 1. The van der Waals surface area contributed by atoms with E-state index in [0.717, 1.165) is 6.20 Å². The fourth-order valence-electron chi connectivity index (χ4n) is 2.92. The van der Waals surface area contributed by atoms with Crippen molar-refractivity contribution in [1.29, 1.82) is 0 Å². The Morgan fingerprint density at radius 2 is 2.09 bits per heavy atom. The van der Waals surface area contributed by atoms with E-state index in [4.69, 9.17) is 18.1 Å². The minimum atomic E-state index is -2.55. The van der Waals surface area contributed by atoms with E-state index < -0.39 is 19.7 Å². The van der Waals surface area contributed by atoms with Gasteiger partial charge in [0.05, 0.1) is 11.1 Å². The molecule has 0 N–H and O–H groups in total. The van der Waals surface area contributed by atoms with Crippen molar-refractivity contribution in [3.8, 4) is 11.3 Å². The van der Waals surface area contributed by atoms with E-state index in [2.05, 4.69) is 40.3 Å². The van der Waals surface area contributed by atoms with Crippen LogP contribution in [0, 0.1) is 25.8 Å². The van der Waals surface area contributed by atoms with Crippen LogP contribution in [0.5, 0.6) is 0 Å². The third-order valence-electron chi connectivity index (χ3n) is 4.39. The second-order valence-electron chi connectivity index (χ2n) is 6.61. The molecule has 4 aromatic heterocycles. The van der Waals surface area contributed by atoms with E-state index >= 15 is 0 Å². The van der Waals surface area contributed by atoms with Crippen LogP contribution in [0.3, 0.4) is 0 Å². The summed E-state index contributed by atoms with van der Waals surface area (Å²) in [5.74, 6) is 0. The molecule has 0 aliphatic rings. The Balaban J connectivity index is 0.000000299. The maximum Gasteiger partial charge on any atom is 0.216 e. The van der Waals surface area contributed by atoms with Crippen molar-refractivity contribution in [2.75, 3.05) is 0 Å². The summed E-state index contributed by atoms with van der Waals surface area (Å²) in [5.41, 5.74) is 1.16. The number of hydrogen-bond acceptors (Lipinski definition) is 4. The number of allylic oxidation sites excluding steroid dienone is 4. The van der Waals surface area contributed by atoms with Gasteiger partial charge in [0, 0.05) is 51.8 Å². The molecule has 0 atom stereocenters. The van der Waals surface area contributed by atoms with Crippen LogP contribution >= 0.6 is 0 Å². The molecule has 4 heterocycles. The smallest absolute Gasteiger partial charge is 0.216 e. The first-order valence-electron chi connectivity index (χ1n) is 14.7. The van der Waals surface area contributed by atoms with Crippen LogP contribution in [0.4, 0.5) is 0 Å². The SMILES string of the molecule is [2H]c1c(C([2H])([2H])[2H])cnc(-c2[c-]ccc3c2oc2nc(C([2H])([2H])[2H])ccc23)c1[2H].[2H]c1ccnc(C(=C)[C-]=CC=C)c1[2H].[Ir]. The van der Waals surface area contributed by atoms with Crippen molar-refractivity contribution in [2.45, 2.75) is 13.7 Å². The van der Waals surface area contributed by atoms with Crippen molar-refractivity contribution in [3.05, 3.63) is 121 Å². The number of rotatable bonds is 4. The third-order valence-corrected chi connectivity index (χ3v) is 4.39. The molecule has 0 amide bonds. The van der Waals surface area contributed by atoms with Crippen LogP contribution < -0.4 is 0 Å². The van der Waals surface area contributed by atoms with E-state index in [9.17, 15) is 0 Å². The van der Waals surface area contributed by atoms with Gasteiger partial charge in [-0.05, 0) is 48.9 Å².